The number of carbonyl (C=O) groups is 1. The van der Waals surface area contributed by atoms with Crippen molar-refractivity contribution in [2.24, 2.45) is 5.14 Å². The van der Waals surface area contributed by atoms with E-state index in [0.29, 0.717) is 26.3 Å². The minimum Gasteiger partial charge on any atom is -0.463 e. The lowest BCUT2D eigenvalue weighted by Gasteiger charge is -2.32. The second-order valence-corrected chi connectivity index (χ2v) is 12.2. The molecule has 10 heteroatoms. The van der Waals surface area contributed by atoms with Crippen LogP contribution in [0, 0.1) is 0 Å². The summed E-state index contributed by atoms with van der Waals surface area (Å²) in [6, 6.07) is 12.7. The maximum Gasteiger partial charge on any atom is 0.410 e. The van der Waals surface area contributed by atoms with Gasteiger partial charge in [-0.2, -0.15) is 0 Å². The molecule has 2 aliphatic rings. The van der Waals surface area contributed by atoms with Gasteiger partial charge in [-0.1, -0.05) is 31.0 Å². The number of hydrogen-bond donors (Lipinski definition) is 1. The second kappa shape index (κ2) is 13.1. The van der Waals surface area contributed by atoms with E-state index in [2.05, 4.69) is 0 Å². The fourth-order valence-electron chi connectivity index (χ4n) is 4.80. The number of fused-ring (bicyclic) bond motifs is 1. The summed E-state index contributed by atoms with van der Waals surface area (Å²) in [5.41, 5.74) is 2.91. The van der Waals surface area contributed by atoms with E-state index in [1.165, 1.54) is 6.07 Å². The van der Waals surface area contributed by atoms with E-state index in [0.717, 1.165) is 74.0 Å². The van der Waals surface area contributed by atoms with Gasteiger partial charge in [-0.25, -0.2) is 18.4 Å². The van der Waals surface area contributed by atoms with Gasteiger partial charge in [-0.15, -0.1) is 0 Å². The first-order valence-electron chi connectivity index (χ1n) is 13.7. The summed E-state index contributed by atoms with van der Waals surface area (Å²) in [6.07, 6.45) is 6.13. The fourth-order valence-corrected chi connectivity index (χ4v) is 5.38. The van der Waals surface area contributed by atoms with Gasteiger partial charge in [0, 0.05) is 39.2 Å². The van der Waals surface area contributed by atoms with Crippen LogP contribution in [0.3, 0.4) is 0 Å². The van der Waals surface area contributed by atoms with Gasteiger partial charge in [0.2, 0.25) is 15.8 Å². The van der Waals surface area contributed by atoms with Crippen molar-refractivity contribution in [1.82, 2.24) is 4.90 Å². The number of primary sulfonamides is 1. The van der Waals surface area contributed by atoms with Crippen LogP contribution in [0.1, 0.15) is 75.2 Å². The zero-order chi connectivity index (χ0) is 27.9. The van der Waals surface area contributed by atoms with Crippen LogP contribution in [0.4, 0.5) is 4.79 Å². The smallest absolute Gasteiger partial charge is 0.410 e. The molecular weight excluding hydrogens is 520 g/mol. The van der Waals surface area contributed by atoms with Crippen LogP contribution in [-0.2, 0) is 37.3 Å². The average Bonchev–Trinajstić information content (AvgIpc) is 3.26. The summed E-state index contributed by atoms with van der Waals surface area (Å²) in [4.78, 5) is 14.3. The number of amides is 1. The number of benzene rings is 2. The van der Waals surface area contributed by atoms with Crippen LogP contribution >= 0.6 is 0 Å². The molecule has 214 valence electrons. The molecule has 0 saturated carbocycles. The minimum atomic E-state index is -3.66. The Balaban J connectivity index is 1.04. The van der Waals surface area contributed by atoms with E-state index in [4.69, 9.17) is 24.1 Å². The lowest BCUT2D eigenvalue weighted by molar-refractivity contribution is -0.180. The van der Waals surface area contributed by atoms with Crippen molar-refractivity contribution in [2.75, 3.05) is 26.3 Å². The first kappa shape index (κ1) is 29.3. The summed E-state index contributed by atoms with van der Waals surface area (Å²) < 4.78 is 45.9. The Morgan fingerprint density at radius 2 is 1.79 bits per heavy atom. The van der Waals surface area contributed by atoms with Crippen molar-refractivity contribution in [3.63, 3.8) is 0 Å². The van der Waals surface area contributed by atoms with Gasteiger partial charge in [0.15, 0.2) is 0 Å². The van der Waals surface area contributed by atoms with Crippen molar-refractivity contribution < 1.29 is 32.2 Å². The topological polar surface area (TPSA) is 117 Å². The first-order chi connectivity index (χ1) is 18.6. The summed E-state index contributed by atoms with van der Waals surface area (Å²) in [6.45, 7) is 6.83. The van der Waals surface area contributed by atoms with Crippen molar-refractivity contribution in [1.29, 1.82) is 0 Å². The van der Waals surface area contributed by atoms with Gasteiger partial charge < -0.3 is 23.8 Å². The molecule has 1 saturated heterocycles. The Morgan fingerprint density at radius 3 is 2.59 bits per heavy atom. The minimum absolute atomic E-state index is 0.166. The quantitative estimate of drug-likeness (QED) is 0.321. The van der Waals surface area contributed by atoms with Crippen molar-refractivity contribution in [3.05, 3.63) is 59.2 Å². The molecule has 2 aliphatic heterocycles. The van der Waals surface area contributed by atoms with Gasteiger partial charge in [0.05, 0.1) is 18.0 Å². The van der Waals surface area contributed by atoms with Gasteiger partial charge in [0.25, 0.3) is 0 Å². The molecule has 0 aliphatic carbocycles. The monoisotopic (exact) mass is 560 g/mol. The summed E-state index contributed by atoms with van der Waals surface area (Å²) in [5, 5.41) is 5.20. The maximum atomic E-state index is 12.4. The average molecular weight is 561 g/mol. The predicted octanol–water partition coefficient (Wildman–Crippen LogP) is 5.07. The number of unbranched alkanes of at least 4 members (excludes halogenated alkanes) is 4. The Morgan fingerprint density at radius 1 is 1.03 bits per heavy atom. The normalized spacial score (nSPS) is 18.5. The Hall–Kier alpha value is -2.66. The molecule has 0 spiro atoms. The van der Waals surface area contributed by atoms with Gasteiger partial charge in [0.1, 0.15) is 11.9 Å². The molecule has 1 atom stereocenters. The number of nitrogens with zero attached hydrogens (tertiary/aromatic N) is 1. The number of cyclic esters (lactones) is 1. The van der Waals surface area contributed by atoms with E-state index in [9.17, 15) is 13.2 Å². The highest BCUT2D eigenvalue weighted by molar-refractivity contribution is 7.89. The Kier molecular flexibility index (Phi) is 9.87. The summed E-state index contributed by atoms with van der Waals surface area (Å²) >= 11 is 0. The second-order valence-electron chi connectivity index (χ2n) is 10.7. The van der Waals surface area contributed by atoms with Crippen molar-refractivity contribution in [3.8, 4) is 5.75 Å². The van der Waals surface area contributed by atoms with Crippen LogP contribution in [0.15, 0.2) is 47.4 Å². The van der Waals surface area contributed by atoms with Crippen molar-refractivity contribution >= 4 is 16.1 Å². The van der Waals surface area contributed by atoms with E-state index in [1.54, 1.807) is 17.0 Å². The third-order valence-corrected chi connectivity index (χ3v) is 7.88. The lowest BCUT2D eigenvalue weighted by atomic mass is 10.0. The van der Waals surface area contributed by atoms with Crippen LogP contribution in [0.25, 0.3) is 0 Å². The first-order valence-corrected chi connectivity index (χ1v) is 15.3. The molecule has 9 nitrogen and oxygen atoms in total. The van der Waals surface area contributed by atoms with Crippen molar-refractivity contribution in [2.45, 2.75) is 82.2 Å². The number of nitrogens with two attached hydrogens (primary N) is 1. The van der Waals surface area contributed by atoms with Crippen LogP contribution in [0.5, 0.6) is 5.75 Å². The standard InChI is InChI=1S/C29H40N2O7S/c1-29(2)36-21-24-19-23(13-14-26(24)38-29)27-20-31(28(32)37-27)15-6-8-17-35-16-7-4-3-5-10-22-11-9-12-25(18-22)39(30,33)34/h9,11-14,18-19,27H,3-8,10,15-17,20-21H2,1-2H3,(H2,30,33,34)/t27-/m0/s1. The lowest BCUT2D eigenvalue weighted by Crippen LogP contribution is -2.35. The molecule has 0 bridgehead atoms. The highest BCUT2D eigenvalue weighted by atomic mass is 32.2. The molecule has 39 heavy (non-hydrogen) atoms. The molecule has 4 rings (SSSR count). The number of aryl methyl sites for hydroxylation is 1. The summed E-state index contributed by atoms with van der Waals surface area (Å²) in [5.74, 6) is 0.174. The Bertz CT molecular complexity index is 1230. The molecule has 2 aromatic rings. The highest BCUT2D eigenvalue weighted by Crippen LogP contribution is 2.35. The predicted molar refractivity (Wildman–Crippen MR) is 147 cm³/mol. The van der Waals surface area contributed by atoms with E-state index in [1.807, 2.05) is 38.1 Å². The molecule has 2 N–H and O–H groups in total. The van der Waals surface area contributed by atoms with E-state index in [-0.39, 0.29) is 17.1 Å². The fraction of sp³-hybridized carbons (Fsp3) is 0.552. The van der Waals surface area contributed by atoms with Gasteiger partial charge >= 0.3 is 6.09 Å². The van der Waals surface area contributed by atoms with Crippen LogP contribution in [0.2, 0.25) is 0 Å². The third kappa shape index (κ3) is 8.66. The zero-order valence-corrected chi connectivity index (χ0v) is 23.7. The molecule has 0 aromatic heterocycles. The van der Waals surface area contributed by atoms with Crippen LogP contribution in [-0.4, -0.2) is 51.5 Å². The SMILES string of the molecule is CC1(C)OCc2cc([C@@H]3CN(CCCCOCCCCCCc4cccc(S(N)(=O)=O)c4)C(=O)O3)ccc2O1. The molecule has 1 amide bonds. The largest absolute Gasteiger partial charge is 0.463 e. The highest BCUT2D eigenvalue weighted by Gasteiger charge is 2.33. The van der Waals surface area contributed by atoms with E-state index >= 15 is 0 Å². The molecule has 0 radical (unpaired) electrons. The number of hydrogen-bond acceptors (Lipinski definition) is 7. The molecule has 2 aromatic carbocycles. The summed E-state index contributed by atoms with van der Waals surface area (Å²) in [7, 11) is -3.66. The molecule has 2 heterocycles. The van der Waals surface area contributed by atoms with E-state index < -0.39 is 15.8 Å². The number of ether oxygens (including phenoxy) is 4. The number of sulfonamides is 1. The van der Waals surface area contributed by atoms with Crippen LogP contribution < -0.4 is 9.88 Å². The third-order valence-electron chi connectivity index (χ3n) is 6.97. The number of carbonyl (C=O) groups excluding carboxylic acids is 1. The molecular formula is C29H40N2O7S. The van der Waals surface area contributed by atoms with Gasteiger partial charge in [-0.05, 0) is 67.5 Å². The Labute approximate surface area is 231 Å². The zero-order valence-electron chi connectivity index (χ0n) is 22.9. The van der Waals surface area contributed by atoms with Gasteiger partial charge in [-0.3, -0.25) is 0 Å². The molecule has 1 fully saturated rings. The number of rotatable bonds is 14. The molecule has 0 unspecified atom stereocenters. The maximum absolute atomic E-state index is 12.4.